The van der Waals surface area contributed by atoms with E-state index < -0.39 is 51.4 Å². The number of fused-ring (bicyclic) bond motifs is 1. The number of rotatable bonds is 7. The van der Waals surface area contributed by atoms with Gasteiger partial charge in [-0.1, -0.05) is 41.8 Å². The maximum atomic E-state index is 15.0. The highest BCUT2D eigenvalue weighted by Crippen LogP contribution is 2.34. The molecule has 1 aliphatic carbocycles. The van der Waals surface area contributed by atoms with Gasteiger partial charge in [0.05, 0.1) is 6.54 Å². The van der Waals surface area contributed by atoms with E-state index in [-0.39, 0.29) is 41.8 Å². The summed E-state index contributed by atoms with van der Waals surface area (Å²) in [6.07, 6.45) is 1.19. The number of halogens is 3. The van der Waals surface area contributed by atoms with Crippen LogP contribution in [0.15, 0.2) is 47.4 Å². The standard InChI is InChI=1S/C28H31Cl2FN4O5S/c1-16(2)33-15-25-34(41(39,40)24-13-20(30)10-11-21(24)31)14-22(32-26(36)18-4-3-5-18)27(37)35(25)23(28(33)38)12-17-6-8-19(29)9-7-17/h6-11,13,16,18,22-23,25H,3-5,12,14-15H2,1-2H3,(H,32,36). The molecule has 3 atom stereocenters. The molecule has 3 unspecified atom stereocenters. The Morgan fingerprint density at radius 3 is 2.29 bits per heavy atom. The van der Waals surface area contributed by atoms with Gasteiger partial charge in [-0.15, -0.1) is 0 Å². The first-order valence-electron chi connectivity index (χ1n) is 13.5. The van der Waals surface area contributed by atoms with Crippen molar-refractivity contribution in [2.24, 2.45) is 5.92 Å². The SMILES string of the molecule is CC(C)N1CC2N(C(=O)C(NC(=O)C3CCC3)CN2S(=O)(=O)c2cc(Cl)ccc2F)C(Cc2ccc(Cl)cc2)C1=O. The Morgan fingerprint density at radius 1 is 1.02 bits per heavy atom. The van der Waals surface area contributed by atoms with Gasteiger partial charge in [0.15, 0.2) is 0 Å². The predicted molar refractivity (Wildman–Crippen MR) is 151 cm³/mol. The first kappa shape index (κ1) is 29.8. The third-order valence-electron chi connectivity index (χ3n) is 8.07. The Morgan fingerprint density at radius 2 is 1.68 bits per heavy atom. The van der Waals surface area contributed by atoms with Crippen LogP contribution in [0, 0.1) is 11.7 Å². The molecule has 1 saturated carbocycles. The highest BCUT2D eigenvalue weighted by Gasteiger charge is 2.54. The van der Waals surface area contributed by atoms with Crippen LogP contribution in [0.1, 0.15) is 38.7 Å². The van der Waals surface area contributed by atoms with Crippen molar-refractivity contribution >= 4 is 50.9 Å². The third kappa shape index (κ3) is 5.69. The summed E-state index contributed by atoms with van der Waals surface area (Å²) in [5, 5.41) is 3.25. The van der Waals surface area contributed by atoms with Crippen LogP contribution in [0.5, 0.6) is 0 Å². The van der Waals surface area contributed by atoms with E-state index in [0.29, 0.717) is 23.4 Å². The minimum atomic E-state index is -4.58. The van der Waals surface area contributed by atoms with Crippen molar-refractivity contribution in [1.82, 2.24) is 19.4 Å². The van der Waals surface area contributed by atoms with Crippen LogP contribution in [-0.2, 0) is 30.8 Å². The molecule has 0 aromatic heterocycles. The molecule has 41 heavy (non-hydrogen) atoms. The summed E-state index contributed by atoms with van der Waals surface area (Å²) in [5.41, 5.74) is 0.709. The second-order valence-electron chi connectivity index (χ2n) is 11.0. The van der Waals surface area contributed by atoms with Crippen LogP contribution >= 0.6 is 23.2 Å². The number of carbonyl (C=O) groups is 3. The van der Waals surface area contributed by atoms with E-state index in [1.807, 2.05) is 0 Å². The molecule has 2 aromatic rings. The largest absolute Gasteiger partial charge is 0.343 e. The fourth-order valence-electron chi connectivity index (χ4n) is 5.58. The Bertz CT molecular complexity index is 1470. The lowest BCUT2D eigenvalue weighted by Gasteiger charge is -2.54. The number of hydrogen-bond donors (Lipinski definition) is 1. The molecule has 2 aromatic carbocycles. The van der Waals surface area contributed by atoms with Crippen molar-refractivity contribution < 1.29 is 27.2 Å². The van der Waals surface area contributed by atoms with Crippen molar-refractivity contribution in [2.45, 2.75) is 68.7 Å². The van der Waals surface area contributed by atoms with Crippen LogP contribution < -0.4 is 5.32 Å². The Kier molecular flexibility index (Phi) is 8.35. The first-order valence-corrected chi connectivity index (χ1v) is 15.7. The Hall–Kier alpha value is -2.73. The molecule has 2 saturated heterocycles. The van der Waals surface area contributed by atoms with Crippen LogP contribution in [0.3, 0.4) is 0 Å². The molecule has 2 aliphatic heterocycles. The van der Waals surface area contributed by atoms with E-state index in [4.69, 9.17) is 23.2 Å². The monoisotopic (exact) mass is 624 g/mol. The van der Waals surface area contributed by atoms with Gasteiger partial charge in [-0.05, 0) is 62.6 Å². The summed E-state index contributed by atoms with van der Waals surface area (Å²) in [6, 6.07) is 7.39. The summed E-state index contributed by atoms with van der Waals surface area (Å²) >= 11 is 12.1. The maximum absolute atomic E-state index is 15.0. The third-order valence-corrected chi connectivity index (χ3v) is 10.4. The average Bonchev–Trinajstić information content (AvgIpc) is 2.88. The molecule has 9 nitrogen and oxygen atoms in total. The number of carbonyl (C=O) groups excluding carboxylic acids is 3. The molecule has 3 aliphatic rings. The van der Waals surface area contributed by atoms with Gasteiger partial charge in [0.1, 0.15) is 29.0 Å². The molecule has 3 amide bonds. The van der Waals surface area contributed by atoms with Crippen LogP contribution in [0.4, 0.5) is 4.39 Å². The number of hydrogen-bond acceptors (Lipinski definition) is 5. The van der Waals surface area contributed by atoms with Gasteiger partial charge >= 0.3 is 0 Å². The zero-order valence-electron chi connectivity index (χ0n) is 22.6. The zero-order chi connectivity index (χ0) is 29.6. The second-order valence-corrected chi connectivity index (χ2v) is 13.7. The van der Waals surface area contributed by atoms with E-state index in [9.17, 15) is 27.2 Å². The van der Waals surface area contributed by atoms with Crippen molar-refractivity contribution in [3.63, 3.8) is 0 Å². The Labute approximate surface area is 248 Å². The average molecular weight is 626 g/mol. The number of nitrogens with one attached hydrogen (secondary N) is 1. The van der Waals surface area contributed by atoms with E-state index in [0.717, 1.165) is 22.9 Å². The summed E-state index contributed by atoms with van der Waals surface area (Å²) in [7, 11) is -4.58. The van der Waals surface area contributed by atoms with Crippen molar-refractivity contribution in [1.29, 1.82) is 0 Å². The normalized spacial score (nSPS) is 23.9. The van der Waals surface area contributed by atoms with Crippen molar-refractivity contribution in [3.8, 4) is 0 Å². The minimum absolute atomic E-state index is 0.0213. The van der Waals surface area contributed by atoms with Gasteiger partial charge in [0, 0.05) is 35.0 Å². The lowest BCUT2D eigenvalue weighted by Crippen LogP contribution is -2.76. The molecule has 0 spiro atoms. The molecule has 1 N–H and O–H groups in total. The van der Waals surface area contributed by atoms with Gasteiger partial charge in [-0.3, -0.25) is 14.4 Å². The quantitative estimate of drug-likeness (QED) is 0.508. The summed E-state index contributed by atoms with van der Waals surface area (Å²) in [6.45, 7) is 3.06. The van der Waals surface area contributed by atoms with E-state index in [1.54, 1.807) is 38.1 Å². The number of nitrogens with zero attached hydrogens (tertiary/aromatic N) is 3. The molecule has 5 rings (SSSR count). The molecule has 220 valence electrons. The lowest BCUT2D eigenvalue weighted by atomic mass is 9.84. The van der Waals surface area contributed by atoms with Gasteiger partial charge in [-0.25, -0.2) is 12.8 Å². The smallest absolute Gasteiger partial charge is 0.248 e. The highest BCUT2D eigenvalue weighted by atomic mass is 35.5. The molecule has 3 fully saturated rings. The molecule has 0 radical (unpaired) electrons. The molecular formula is C28H31Cl2FN4O5S. The second kappa shape index (κ2) is 11.5. The lowest BCUT2D eigenvalue weighted by molar-refractivity contribution is -0.169. The maximum Gasteiger partial charge on any atom is 0.248 e. The van der Waals surface area contributed by atoms with Gasteiger partial charge < -0.3 is 15.1 Å². The number of piperazine rings is 1. The van der Waals surface area contributed by atoms with E-state index in [1.165, 1.54) is 15.9 Å². The molecule has 0 bridgehead atoms. The number of benzene rings is 2. The summed E-state index contributed by atoms with van der Waals surface area (Å²) in [4.78, 5) is 42.9. The van der Waals surface area contributed by atoms with Crippen molar-refractivity contribution in [3.05, 3.63) is 63.9 Å². The topological polar surface area (TPSA) is 107 Å². The minimum Gasteiger partial charge on any atom is -0.343 e. The first-order chi connectivity index (χ1) is 19.4. The van der Waals surface area contributed by atoms with Gasteiger partial charge in [-0.2, -0.15) is 4.31 Å². The molecular weight excluding hydrogens is 594 g/mol. The van der Waals surface area contributed by atoms with Crippen molar-refractivity contribution in [2.75, 3.05) is 13.1 Å². The molecule has 2 heterocycles. The predicted octanol–water partition coefficient (Wildman–Crippen LogP) is 3.44. The van der Waals surface area contributed by atoms with Crippen LogP contribution in [0.2, 0.25) is 10.0 Å². The fourth-order valence-corrected chi connectivity index (χ4v) is 7.62. The fraction of sp³-hybridized carbons (Fsp3) is 0.464. The molecule has 13 heteroatoms. The van der Waals surface area contributed by atoms with Gasteiger partial charge in [0.2, 0.25) is 27.7 Å². The highest BCUT2D eigenvalue weighted by molar-refractivity contribution is 7.89. The van der Waals surface area contributed by atoms with Crippen LogP contribution in [-0.4, -0.2) is 77.6 Å². The van der Waals surface area contributed by atoms with E-state index in [2.05, 4.69) is 5.32 Å². The van der Waals surface area contributed by atoms with Crippen LogP contribution in [0.25, 0.3) is 0 Å². The number of amides is 3. The number of sulfonamides is 1. The zero-order valence-corrected chi connectivity index (χ0v) is 24.9. The summed E-state index contributed by atoms with van der Waals surface area (Å²) < 4.78 is 44.1. The summed E-state index contributed by atoms with van der Waals surface area (Å²) in [5.74, 6) is -2.52. The van der Waals surface area contributed by atoms with Gasteiger partial charge in [0.25, 0.3) is 0 Å². The van der Waals surface area contributed by atoms with E-state index >= 15 is 0 Å². The Balaban J connectivity index is 1.60.